The molecule has 8 nitrogen and oxygen atoms in total. The summed E-state index contributed by atoms with van der Waals surface area (Å²) in [6, 6.07) is 10.7. The van der Waals surface area contributed by atoms with Crippen molar-refractivity contribution in [2.24, 2.45) is 0 Å². The van der Waals surface area contributed by atoms with E-state index in [9.17, 15) is 4.79 Å². The smallest absolute Gasteiger partial charge is 0.244 e. The lowest BCUT2D eigenvalue weighted by molar-refractivity contribution is -0.122. The number of furan rings is 1. The van der Waals surface area contributed by atoms with E-state index in [2.05, 4.69) is 20.7 Å². The highest BCUT2D eigenvalue weighted by molar-refractivity contribution is 5.75. The Hall–Kier alpha value is -3.16. The van der Waals surface area contributed by atoms with Crippen molar-refractivity contribution in [3.05, 3.63) is 48.4 Å². The van der Waals surface area contributed by atoms with Crippen molar-refractivity contribution in [3.8, 4) is 17.1 Å². The number of tetrazole rings is 1. The summed E-state index contributed by atoms with van der Waals surface area (Å²) in [7, 11) is 1.59. The first-order chi connectivity index (χ1) is 11.7. The Morgan fingerprint density at radius 3 is 3.00 bits per heavy atom. The summed E-state index contributed by atoms with van der Waals surface area (Å²) < 4.78 is 10.4. The number of hydrogen-bond donors (Lipinski definition) is 1. The molecule has 8 heteroatoms. The molecule has 0 aliphatic carbocycles. The topological polar surface area (TPSA) is 95.1 Å². The number of nitrogens with zero attached hydrogens (tertiary/aromatic N) is 4. The summed E-state index contributed by atoms with van der Waals surface area (Å²) in [6.07, 6.45) is 1.57. The second-order valence-corrected chi connectivity index (χ2v) is 5.18. The third kappa shape index (κ3) is 3.60. The molecule has 1 aromatic carbocycles. The van der Waals surface area contributed by atoms with E-state index in [-0.39, 0.29) is 18.5 Å². The van der Waals surface area contributed by atoms with Crippen molar-refractivity contribution in [1.29, 1.82) is 0 Å². The van der Waals surface area contributed by atoms with Crippen LogP contribution in [0.25, 0.3) is 11.4 Å². The molecule has 2 aromatic heterocycles. The van der Waals surface area contributed by atoms with Crippen LogP contribution < -0.4 is 10.1 Å². The summed E-state index contributed by atoms with van der Waals surface area (Å²) in [5.74, 6) is 1.59. The average molecular weight is 327 g/mol. The minimum absolute atomic E-state index is 0.0258. The minimum Gasteiger partial charge on any atom is -0.497 e. The molecule has 0 aliphatic rings. The lowest BCUT2D eigenvalue weighted by Crippen LogP contribution is -2.30. The van der Waals surface area contributed by atoms with Gasteiger partial charge in [-0.15, -0.1) is 10.2 Å². The highest BCUT2D eigenvalue weighted by atomic mass is 16.5. The minimum atomic E-state index is -0.228. The van der Waals surface area contributed by atoms with E-state index >= 15 is 0 Å². The van der Waals surface area contributed by atoms with Gasteiger partial charge in [0.2, 0.25) is 11.7 Å². The number of carbonyl (C=O) groups excluding carboxylic acids is 1. The van der Waals surface area contributed by atoms with E-state index in [1.807, 2.05) is 25.1 Å². The van der Waals surface area contributed by atoms with Crippen LogP contribution in [0.5, 0.6) is 5.75 Å². The van der Waals surface area contributed by atoms with Crippen LogP contribution in [-0.2, 0) is 11.3 Å². The van der Waals surface area contributed by atoms with E-state index < -0.39 is 0 Å². The van der Waals surface area contributed by atoms with Crippen LogP contribution in [0, 0.1) is 0 Å². The zero-order valence-corrected chi connectivity index (χ0v) is 13.3. The van der Waals surface area contributed by atoms with Gasteiger partial charge in [0.15, 0.2) is 0 Å². The molecule has 1 unspecified atom stereocenters. The van der Waals surface area contributed by atoms with Gasteiger partial charge in [0.1, 0.15) is 18.1 Å². The van der Waals surface area contributed by atoms with Crippen LogP contribution in [0.15, 0.2) is 47.1 Å². The van der Waals surface area contributed by atoms with Gasteiger partial charge in [-0.3, -0.25) is 4.79 Å². The van der Waals surface area contributed by atoms with E-state index in [0.717, 1.165) is 5.56 Å². The first kappa shape index (κ1) is 15.7. The number of aromatic nitrogens is 4. The molecule has 24 heavy (non-hydrogen) atoms. The Kier molecular flexibility index (Phi) is 4.55. The highest BCUT2D eigenvalue weighted by Crippen LogP contribution is 2.19. The molecule has 0 bridgehead atoms. The van der Waals surface area contributed by atoms with Crippen molar-refractivity contribution < 1.29 is 13.9 Å². The maximum absolute atomic E-state index is 12.1. The summed E-state index contributed by atoms with van der Waals surface area (Å²) in [5.41, 5.74) is 0.768. The van der Waals surface area contributed by atoms with Crippen molar-refractivity contribution in [1.82, 2.24) is 25.5 Å². The lowest BCUT2D eigenvalue weighted by Gasteiger charge is -2.10. The Morgan fingerprint density at radius 2 is 2.25 bits per heavy atom. The van der Waals surface area contributed by atoms with Crippen LogP contribution in [0.4, 0.5) is 0 Å². The normalized spacial score (nSPS) is 11.9. The number of carbonyl (C=O) groups is 1. The van der Waals surface area contributed by atoms with Gasteiger partial charge in [0, 0.05) is 5.56 Å². The average Bonchev–Trinajstić information content (AvgIpc) is 3.26. The van der Waals surface area contributed by atoms with Gasteiger partial charge in [-0.2, -0.15) is 4.80 Å². The molecule has 0 saturated heterocycles. The summed E-state index contributed by atoms with van der Waals surface area (Å²) in [6.45, 7) is 1.81. The molecule has 124 valence electrons. The van der Waals surface area contributed by atoms with E-state index in [1.54, 1.807) is 31.6 Å². The maximum Gasteiger partial charge on any atom is 0.244 e. The van der Waals surface area contributed by atoms with Gasteiger partial charge in [-0.1, -0.05) is 12.1 Å². The molecule has 1 atom stereocenters. The molecule has 0 fully saturated rings. The molecule has 2 heterocycles. The van der Waals surface area contributed by atoms with Crippen molar-refractivity contribution in [2.45, 2.75) is 19.5 Å². The molecular formula is C16H17N5O3. The predicted molar refractivity (Wildman–Crippen MR) is 85.1 cm³/mol. The molecule has 3 rings (SSSR count). The zero-order chi connectivity index (χ0) is 16.9. The number of nitrogens with one attached hydrogen (secondary N) is 1. The van der Waals surface area contributed by atoms with Crippen LogP contribution >= 0.6 is 0 Å². The van der Waals surface area contributed by atoms with Gasteiger partial charge >= 0.3 is 0 Å². The van der Waals surface area contributed by atoms with Crippen LogP contribution in [0.2, 0.25) is 0 Å². The second-order valence-electron chi connectivity index (χ2n) is 5.18. The van der Waals surface area contributed by atoms with E-state index in [4.69, 9.17) is 9.15 Å². The van der Waals surface area contributed by atoms with Crippen LogP contribution in [0.3, 0.4) is 0 Å². The van der Waals surface area contributed by atoms with Crippen LogP contribution in [-0.4, -0.2) is 33.2 Å². The predicted octanol–water partition coefficient (Wildman–Crippen LogP) is 1.82. The SMILES string of the molecule is COc1cccc(-c2nnn(CC(=O)NC(C)c3ccco3)n2)c1. The maximum atomic E-state index is 12.1. The molecule has 1 amide bonds. The van der Waals surface area contributed by atoms with Crippen molar-refractivity contribution in [2.75, 3.05) is 7.11 Å². The fraction of sp³-hybridized carbons (Fsp3) is 0.250. The quantitative estimate of drug-likeness (QED) is 0.742. The molecular weight excluding hydrogens is 310 g/mol. The Morgan fingerprint density at radius 1 is 1.38 bits per heavy atom. The number of hydrogen-bond acceptors (Lipinski definition) is 6. The summed E-state index contributed by atoms with van der Waals surface area (Å²) in [5, 5.41) is 14.9. The van der Waals surface area contributed by atoms with Gasteiger partial charge in [0.05, 0.1) is 19.4 Å². The Bertz CT molecular complexity index is 813. The summed E-state index contributed by atoms with van der Waals surface area (Å²) >= 11 is 0. The molecule has 1 N–H and O–H groups in total. The molecule has 0 aliphatic heterocycles. The molecule has 0 saturated carbocycles. The molecule has 0 radical (unpaired) electrons. The highest BCUT2D eigenvalue weighted by Gasteiger charge is 2.14. The standard InChI is InChI=1S/C16H17N5O3/c1-11(14-7-4-8-24-14)17-15(22)10-21-19-16(18-20-21)12-5-3-6-13(9-12)23-2/h3-9,11H,10H2,1-2H3,(H,17,22). The number of rotatable bonds is 6. The van der Waals surface area contributed by atoms with Crippen molar-refractivity contribution in [3.63, 3.8) is 0 Å². The third-order valence-electron chi connectivity index (χ3n) is 3.41. The summed E-state index contributed by atoms with van der Waals surface area (Å²) in [4.78, 5) is 13.3. The monoisotopic (exact) mass is 327 g/mol. The van der Waals surface area contributed by atoms with Gasteiger partial charge < -0.3 is 14.5 Å². The second kappa shape index (κ2) is 6.95. The van der Waals surface area contributed by atoms with Crippen LogP contribution in [0.1, 0.15) is 18.7 Å². The number of benzene rings is 1. The van der Waals surface area contributed by atoms with E-state index in [1.165, 1.54) is 4.80 Å². The number of ether oxygens (including phenoxy) is 1. The Balaban J connectivity index is 1.64. The largest absolute Gasteiger partial charge is 0.497 e. The molecule has 0 spiro atoms. The first-order valence-electron chi connectivity index (χ1n) is 7.40. The van der Waals surface area contributed by atoms with Crippen molar-refractivity contribution >= 4 is 5.91 Å². The van der Waals surface area contributed by atoms with E-state index in [0.29, 0.717) is 17.3 Å². The van der Waals surface area contributed by atoms with Gasteiger partial charge in [-0.05, 0) is 36.4 Å². The number of amides is 1. The number of methoxy groups -OCH3 is 1. The third-order valence-corrected chi connectivity index (χ3v) is 3.41. The zero-order valence-electron chi connectivity index (χ0n) is 13.3. The lowest BCUT2D eigenvalue weighted by atomic mass is 10.2. The first-order valence-corrected chi connectivity index (χ1v) is 7.40. The van der Waals surface area contributed by atoms with Gasteiger partial charge in [0.25, 0.3) is 0 Å². The fourth-order valence-electron chi connectivity index (χ4n) is 2.21. The molecule has 3 aromatic rings. The van der Waals surface area contributed by atoms with Gasteiger partial charge in [-0.25, -0.2) is 0 Å². The fourth-order valence-corrected chi connectivity index (χ4v) is 2.21. The Labute approximate surface area is 138 Å².